The van der Waals surface area contributed by atoms with Crippen LogP contribution in [0.3, 0.4) is 0 Å². The molecule has 1 fully saturated rings. The maximum absolute atomic E-state index is 10.4. The van der Waals surface area contributed by atoms with E-state index in [-0.39, 0.29) is 11.0 Å². The van der Waals surface area contributed by atoms with Gasteiger partial charge in [0.25, 0.3) is 0 Å². The highest BCUT2D eigenvalue weighted by Gasteiger charge is 2.27. The van der Waals surface area contributed by atoms with Gasteiger partial charge in [-0.2, -0.15) is 0 Å². The number of nitrogens with zero attached hydrogens (tertiary/aromatic N) is 1. The topological polar surface area (TPSA) is 69.2 Å². The molecule has 0 aliphatic heterocycles. The third-order valence-electron chi connectivity index (χ3n) is 2.69. The largest absolute Gasteiger partial charge is 0.330 e. The van der Waals surface area contributed by atoms with E-state index < -0.39 is 0 Å². The molecule has 0 heterocycles. The van der Waals surface area contributed by atoms with Crippen molar-refractivity contribution >= 4 is 0 Å². The zero-order valence-electron chi connectivity index (χ0n) is 7.24. The maximum Gasteiger partial charge on any atom is 0.213 e. The molecule has 0 radical (unpaired) electrons. The maximum atomic E-state index is 10.4. The highest BCUT2D eigenvalue weighted by Crippen LogP contribution is 2.27. The minimum Gasteiger partial charge on any atom is -0.330 e. The molecule has 0 aromatic heterocycles. The molecule has 4 heteroatoms. The van der Waals surface area contributed by atoms with E-state index in [0.717, 1.165) is 32.1 Å². The van der Waals surface area contributed by atoms with Crippen LogP contribution in [-0.2, 0) is 0 Å². The molecule has 1 rings (SSSR count). The van der Waals surface area contributed by atoms with E-state index >= 15 is 0 Å². The van der Waals surface area contributed by atoms with Crippen LogP contribution in [-0.4, -0.2) is 17.5 Å². The van der Waals surface area contributed by atoms with Gasteiger partial charge in [-0.05, 0) is 31.7 Å². The van der Waals surface area contributed by atoms with Gasteiger partial charge in [0.2, 0.25) is 6.04 Å². The second-order valence-electron chi connectivity index (χ2n) is 3.54. The van der Waals surface area contributed by atoms with Gasteiger partial charge in [0.15, 0.2) is 0 Å². The van der Waals surface area contributed by atoms with Crippen LogP contribution >= 0.6 is 0 Å². The van der Waals surface area contributed by atoms with Crippen molar-refractivity contribution in [3.63, 3.8) is 0 Å². The normalized spacial score (nSPS) is 30.1. The zero-order chi connectivity index (χ0) is 8.97. The summed E-state index contributed by atoms with van der Waals surface area (Å²) in [6, 6.07) is -0.279. The first-order valence-corrected chi connectivity index (χ1v) is 4.57. The van der Waals surface area contributed by atoms with E-state index in [4.69, 9.17) is 5.73 Å². The first-order valence-electron chi connectivity index (χ1n) is 4.57. The second kappa shape index (κ2) is 4.40. The zero-order valence-corrected chi connectivity index (χ0v) is 7.24. The molecule has 0 atom stereocenters. The molecule has 1 aliphatic rings. The van der Waals surface area contributed by atoms with Gasteiger partial charge in [0.05, 0.1) is 0 Å². The lowest BCUT2D eigenvalue weighted by molar-refractivity contribution is -0.527. The van der Waals surface area contributed by atoms with Gasteiger partial charge >= 0.3 is 0 Å². The van der Waals surface area contributed by atoms with Crippen LogP contribution in [0.25, 0.3) is 0 Å². The number of rotatable bonds is 3. The molecule has 4 nitrogen and oxygen atoms in total. The average molecular weight is 172 g/mol. The predicted molar refractivity (Wildman–Crippen MR) is 46.4 cm³/mol. The Morgan fingerprint density at radius 2 is 1.92 bits per heavy atom. The van der Waals surface area contributed by atoms with Crippen LogP contribution in [0.5, 0.6) is 0 Å². The molecule has 0 aromatic rings. The molecule has 0 amide bonds. The van der Waals surface area contributed by atoms with Crippen LogP contribution in [0.4, 0.5) is 0 Å². The summed E-state index contributed by atoms with van der Waals surface area (Å²) in [5.41, 5.74) is 5.42. The quantitative estimate of drug-likeness (QED) is 0.513. The summed E-state index contributed by atoms with van der Waals surface area (Å²) in [6.45, 7) is 0.716. The average Bonchev–Trinajstić information content (AvgIpc) is 2.06. The lowest BCUT2D eigenvalue weighted by Crippen LogP contribution is -2.26. The van der Waals surface area contributed by atoms with E-state index in [0.29, 0.717) is 12.5 Å². The Bertz CT molecular complexity index is 153. The summed E-state index contributed by atoms with van der Waals surface area (Å²) in [4.78, 5) is 10.3. The van der Waals surface area contributed by atoms with Gasteiger partial charge in [0.1, 0.15) is 0 Å². The molecule has 70 valence electrons. The Kier molecular flexibility index (Phi) is 3.47. The number of hydrogen-bond acceptors (Lipinski definition) is 3. The SMILES string of the molecule is NCCC1CCC([N+](=O)[O-])CC1. The van der Waals surface area contributed by atoms with Gasteiger partial charge in [-0.15, -0.1) is 0 Å². The molecule has 0 saturated heterocycles. The van der Waals surface area contributed by atoms with Crippen molar-refractivity contribution in [2.75, 3.05) is 6.54 Å². The van der Waals surface area contributed by atoms with Crippen molar-refractivity contribution < 1.29 is 4.92 Å². The number of hydrogen-bond donors (Lipinski definition) is 1. The van der Waals surface area contributed by atoms with Gasteiger partial charge < -0.3 is 5.73 Å². The van der Waals surface area contributed by atoms with Gasteiger partial charge in [-0.1, -0.05) is 0 Å². The van der Waals surface area contributed by atoms with Gasteiger partial charge in [-0.3, -0.25) is 10.1 Å². The van der Waals surface area contributed by atoms with Crippen LogP contribution in [0.1, 0.15) is 32.1 Å². The first kappa shape index (κ1) is 9.45. The molecular weight excluding hydrogens is 156 g/mol. The lowest BCUT2D eigenvalue weighted by atomic mass is 9.84. The van der Waals surface area contributed by atoms with Crippen molar-refractivity contribution in [2.24, 2.45) is 11.7 Å². The fourth-order valence-corrected chi connectivity index (χ4v) is 1.88. The molecule has 0 aromatic carbocycles. The Morgan fingerprint density at radius 3 is 2.33 bits per heavy atom. The summed E-state index contributed by atoms with van der Waals surface area (Å²) < 4.78 is 0. The molecule has 12 heavy (non-hydrogen) atoms. The minimum absolute atomic E-state index is 0.140. The third kappa shape index (κ3) is 2.44. The molecule has 2 N–H and O–H groups in total. The molecule has 0 bridgehead atoms. The molecule has 1 saturated carbocycles. The van der Waals surface area contributed by atoms with Crippen molar-refractivity contribution in [3.8, 4) is 0 Å². The van der Waals surface area contributed by atoms with Crippen molar-refractivity contribution in [3.05, 3.63) is 10.1 Å². The van der Waals surface area contributed by atoms with Crippen molar-refractivity contribution in [2.45, 2.75) is 38.1 Å². The van der Waals surface area contributed by atoms with E-state index in [1.54, 1.807) is 0 Å². The van der Waals surface area contributed by atoms with E-state index in [1.165, 1.54) is 0 Å². The smallest absolute Gasteiger partial charge is 0.213 e. The fourth-order valence-electron chi connectivity index (χ4n) is 1.88. The van der Waals surface area contributed by atoms with Crippen LogP contribution in [0, 0.1) is 16.0 Å². The van der Waals surface area contributed by atoms with E-state index in [1.807, 2.05) is 0 Å². The Labute approximate surface area is 72.3 Å². The highest BCUT2D eigenvalue weighted by atomic mass is 16.6. The van der Waals surface area contributed by atoms with Gasteiger partial charge in [0, 0.05) is 17.8 Å². The monoisotopic (exact) mass is 172 g/mol. The molecular formula is C8H16N2O2. The Morgan fingerprint density at radius 1 is 1.33 bits per heavy atom. The minimum atomic E-state index is -0.279. The van der Waals surface area contributed by atoms with Crippen molar-refractivity contribution in [1.82, 2.24) is 0 Å². The van der Waals surface area contributed by atoms with Crippen LogP contribution in [0.15, 0.2) is 0 Å². The van der Waals surface area contributed by atoms with E-state index in [9.17, 15) is 10.1 Å². The summed E-state index contributed by atoms with van der Waals surface area (Å²) >= 11 is 0. The Hall–Kier alpha value is -0.640. The summed E-state index contributed by atoms with van der Waals surface area (Å²) in [6.07, 6.45) is 4.51. The second-order valence-corrected chi connectivity index (χ2v) is 3.54. The van der Waals surface area contributed by atoms with Crippen molar-refractivity contribution in [1.29, 1.82) is 0 Å². The van der Waals surface area contributed by atoms with Crippen LogP contribution < -0.4 is 5.73 Å². The summed E-state index contributed by atoms with van der Waals surface area (Å²) in [7, 11) is 0. The first-order chi connectivity index (χ1) is 5.74. The molecule has 0 spiro atoms. The summed E-state index contributed by atoms with van der Waals surface area (Å²) in [5.74, 6) is 0.645. The highest BCUT2D eigenvalue weighted by molar-refractivity contribution is 4.72. The predicted octanol–water partition coefficient (Wildman–Crippen LogP) is 1.17. The molecule has 1 aliphatic carbocycles. The summed E-state index contributed by atoms with van der Waals surface area (Å²) in [5, 5.41) is 10.4. The van der Waals surface area contributed by atoms with E-state index in [2.05, 4.69) is 0 Å². The number of nitro groups is 1. The molecule has 0 unspecified atom stereocenters. The van der Waals surface area contributed by atoms with Crippen LogP contribution in [0.2, 0.25) is 0 Å². The fraction of sp³-hybridized carbons (Fsp3) is 1.00. The lowest BCUT2D eigenvalue weighted by Gasteiger charge is -2.23. The number of nitrogens with two attached hydrogens (primary N) is 1. The Balaban J connectivity index is 2.25. The third-order valence-corrected chi connectivity index (χ3v) is 2.69. The standard InChI is InChI=1S/C8H16N2O2/c9-6-5-7-1-3-8(4-2-7)10(11)12/h7-8H,1-6,9H2. The van der Waals surface area contributed by atoms with Gasteiger partial charge in [-0.25, -0.2) is 0 Å².